The fraction of sp³-hybridized carbons (Fsp3) is 0.571. The summed E-state index contributed by atoms with van der Waals surface area (Å²) in [5.41, 5.74) is 0. The van der Waals surface area contributed by atoms with Crippen molar-refractivity contribution in [1.82, 2.24) is 9.99 Å². The van der Waals surface area contributed by atoms with Crippen LogP contribution < -0.4 is 4.90 Å². The van der Waals surface area contributed by atoms with Crippen molar-refractivity contribution in [3.8, 4) is 0 Å². The van der Waals surface area contributed by atoms with Gasteiger partial charge in [-0.2, -0.15) is 5.10 Å². The maximum absolute atomic E-state index is 5.36. The van der Waals surface area contributed by atoms with E-state index in [1.165, 1.54) is 12.8 Å². The van der Waals surface area contributed by atoms with Crippen molar-refractivity contribution in [2.45, 2.75) is 19.3 Å². The third-order valence-corrected chi connectivity index (χ3v) is 3.51. The van der Waals surface area contributed by atoms with Crippen molar-refractivity contribution in [3.05, 3.63) is 24.4 Å². The van der Waals surface area contributed by atoms with Crippen LogP contribution in [0.2, 0.25) is 0 Å². The SMILES string of the molecule is c1ccc(N2CCCC/C2=N/N2CCOCC2)nc1. The summed E-state index contributed by atoms with van der Waals surface area (Å²) in [6.45, 7) is 4.35. The Balaban J connectivity index is 1.78. The van der Waals surface area contributed by atoms with Crippen molar-refractivity contribution < 1.29 is 4.74 Å². The van der Waals surface area contributed by atoms with Crippen molar-refractivity contribution in [3.63, 3.8) is 0 Å². The summed E-state index contributed by atoms with van der Waals surface area (Å²) in [6.07, 6.45) is 5.30. The number of anilines is 1. The third-order valence-electron chi connectivity index (χ3n) is 3.51. The van der Waals surface area contributed by atoms with Crippen LogP contribution in [0.25, 0.3) is 0 Å². The summed E-state index contributed by atoms with van der Waals surface area (Å²) in [5, 5.41) is 6.93. The van der Waals surface area contributed by atoms with Gasteiger partial charge in [0.05, 0.1) is 26.3 Å². The quantitative estimate of drug-likeness (QED) is 0.812. The number of nitrogens with zero attached hydrogens (tertiary/aromatic N) is 4. The highest BCUT2D eigenvalue weighted by molar-refractivity contribution is 5.97. The Morgan fingerprint density at radius 3 is 2.79 bits per heavy atom. The van der Waals surface area contributed by atoms with E-state index in [-0.39, 0.29) is 0 Å². The Kier molecular flexibility index (Phi) is 3.93. The van der Waals surface area contributed by atoms with Crippen molar-refractivity contribution in [2.75, 3.05) is 37.7 Å². The molecule has 1 aromatic heterocycles. The molecule has 0 radical (unpaired) electrons. The minimum absolute atomic E-state index is 0.778. The van der Waals surface area contributed by atoms with Gasteiger partial charge >= 0.3 is 0 Å². The molecule has 3 heterocycles. The molecule has 0 saturated carbocycles. The highest BCUT2D eigenvalue weighted by Crippen LogP contribution is 2.19. The number of amidine groups is 1. The Morgan fingerprint density at radius 2 is 2.00 bits per heavy atom. The predicted octanol–water partition coefficient (Wildman–Crippen LogP) is 1.72. The first kappa shape index (κ1) is 12.4. The fourth-order valence-electron chi connectivity index (χ4n) is 2.50. The van der Waals surface area contributed by atoms with E-state index < -0.39 is 0 Å². The van der Waals surface area contributed by atoms with Gasteiger partial charge < -0.3 is 9.64 Å². The molecule has 5 nitrogen and oxygen atoms in total. The molecule has 0 aromatic carbocycles. The first-order valence-corrected chi connectivity index (χ1v) is 7.02. The lowest BCUT2D eigenvalue weighted by Gasteiger charge is -2.32. The van der Waals surface area contributed by atoms with Crippen LogP contribution >= 0.6 is 0 Å². The Labute approximate surface area is 113 Å². The van der Waals surface area contributed by atoms with Gasteiger partial charge in [-0.1, -0.05) is 6.07 Å². The van der Waals surface area contributed by atoms with Crippen LogP contribution in [0.3, 0.4) is 0 Å². The van der Waals surface area contributed by atoms with Crippen LogP contribution in [0.5, 0.6) is 0 Å². The lowest BCUT2D eigenvalue weighted by molar-refractivity contribution is 0.0391. The highest BCUT2D eigenvalue weighted by Gasteiger charge is 2.20. The zero-order chi connectivity index (χ0) is 12.9. The van der Waals surface area contributed by atoms with Crippen LogP contribution in [0.1, 0.15) is 19.3 Å². The van der Waals surface area contributed by atoms with Crippen LogP contribution in [0, 0.1) is 0 Å². The Morgan fingerprint density at radius 1 is 1.11 bits per heavy atom. The molecule has 19 heavy (non-hydrogen) atoms. The second-order valence-electron chi connectivity index (χ2n) is 4.88. The van der Waals surface area contributed by atoms with Gasteiger partial charge in [0.1, 0.15) is 11.7 Å². The normalized spacial score (nSPS) is 22.8. The van der Waals surface area contributed by atoms with Gasteiger partial charge in [0.15, 0.2) is 0 Å². The van der Waals surface area contributed by atoms with E-state index in [4.69, 9.17) is 9.84 Å². The third kappa shape index (κ3) is 3.04. The van der Waals surface area contributed by atoms with Gasteiger partial charge in [0.2, 0.25) is 0 Å². The highest BCUT2D eigenvalue weighted by atomic mass is 16.5. The standard InChI is InChI=1S/C14H20N4O/c1-3-7-15-13(5-1)18-8-4-2-6-14(18)16-17-9-11-19-12-10-17/h1,3,5,7H,2,4,6,8-12H2/b16-14-. The molecule has 2 aliphatic heterocycles. The first-order valence-electron chi connectivity index (χ1n) is 7.02. The van der Waals surface area contributed by atoms with E-state index in [1.807, 2.05) is 18.3 Å². The monoisotopic (exact) mass is 260 g/mol. The molecule has 0 amide bonds. The van der Waals surface area contributed by atoms with Gasteiger partial charge in [-0.05, 0) is 25.0 Å². The number of hydrazone groups is 1. The maximum Gasteiger partial charge on any atom is 0.133 e. The van der Waals surface area contributed by atoms with E-state index in [9.17, 15) is 0 Å². The molecule has 0 N–H and O–H groups in total. The number of ether oxygens (including phenoxy) is 1. The number of pyridine rings is 1. The zero-order valence-corrected chi connectivity index (χ0v) is 11.2. The van der Waals surface area contributed by atoms with Gasteiger partial charge in [-0.15, -0.1) is 0 Å². The smallest absolute Gasteiger partial charge is 0.133 e. The summed E-state index contributed by atoms with van der Waals surface area (Å²) in [5.74, 6) is 2.15. The van der Waals surface area contributed by atoms with E-state index >= 15 is 0 Å². The van der Waals surface area contributed by atoms with Crippen molar-refractivity contribution >= 4 is 11.7 Å². The van der Waals surface area contributed by atoms with Crippen LogP contribution in [0.15, 0.2) is 29.5 Å². The molecule has 102 valence electrons. The largest absolute Gasteiger partial charge is 0.378 e. The minimum atomic E-state index is 0.778. The van der Waals surface area contributed by atoms with Crippen molar-refractivity contribution in [1.29, 1.82) is 0 Å². The van der Waals surface area contributed by atoms with E-state index in [1.54, 1.807) is 0 Å². The Hall–Kier alpha value is -1.62. The molecule has 3 rings (SSSR count). The van der Waals surface area contributed by atoms with E-state index in [0.717, 1.165) is 50.9 Å². The molecule has 0 aliphatic carbocycles. The molecule has 2 fully saturated rings. The second kappa shape index (κ2) is 6.02. The summed E-state index contributed by atoms with van der Waals surface area (Å²) >= 11 is 0. The van der Waals surface area contributed by atoms with Gasteiger partial charge in [-0.25, -0.2) is 4.98 Å². The zero-order valence-electron chi connectivity index (χ0n) is 11.2. The average molecular weight is 260 g/mol. The summed E-state index contributed by atoms with van der Waals surface area (Å²) < 4.78 is 5.36. The first-order chi connectivity index (χ1) is 9.43. The lowest BCUT2D eigenvalue weighted by atomic mass is 10.1. The number of piperidine rings is 1. The number of morpholine rings is 1. The van der Waals surface area contributed by atoms with Crippen LogP contribution in [0.4, 0.5) is 5.82 Å². The summed E-state index contributed by atoms with van der Waals surface area (Å²) in [4.78, 5) is 6.70. The number of hydrogen-bond donors (Lipinski definition) is 0. The van der Waals surface area contributed by atoms with Crippen LogP contribution in [-0.2, 0) is 4.74 Å². The fourth-order valence-corrected chi connectivity index (χ4v) is 2.50. The Bertz CT molecular complexity index is 428. The molecular formula is C14H20N4O. The number of aromatic nitrogens is 1. The maximum atomic E-state index is 5.36. The molecule has 0 spiro atoms. The van der Waals surface area contributed by atoms with E-state index in [2.05, 4.69) is 21.0 Å². The van der Waals surface area contributed by atoms with E-state index in [0.29, 0.717) is 0 Å². The number of rotatable bonds is 2. The molecule has 0 atom stereocenters. The molecule has 1 aromatic rings. The molecule has 5 heteroatoms. The molecular weight excluding hydrogens is 240 g/mol. The minimum Gasteiger partial charge on any atom is -0.378 e. The molecule has 0 unspecified atom stereocenters. The summed E-state index contributed by atoms with van der Waals surface area (Å²) in [7, 11) is 0. The molecule has 0 bridgehead atoms. The number of hydrogen-bond acceptors (Lipinski definition) is 4. The van der Waals surface area contributed by atoms with Gasteiger partial charge in [-0.3, -0.25) is 5.01 Å². The molecule has 2 saturated heterocycles. The van der Waals surface area contributed by atoms with Crippen LogP contribution in [-0.4, -0.2) is 48.7 Å². The van der Waals surface area contributed by atoms with Gasteiger partial charge in [0, 0.05) is 19.2 Å². The van der Waals surface area contributed by atoms with Gasteiger partial charge in [0.25, 0.3) is 0 Å². The molecule has 2 aliphatic rings. The van der Waals surface area contributed by atoms with Crippen molar-refractivity contribution in [2.24, 2.45) is 5.10 Å². The topological polar surface area (TPSA) is 41.0 Å². The summed E-state index contributed by atoms with van der Waals surface area (Å²) in [6, 6.07) is 6.04. The lowest BCUT2D eigenvalue weighted by Crippen LogP contribution is -2.40. The second-order valence-corrected chi connectivity index (χ2v) is 4.88. The predicted molar refractivity (Wildman–Crippen MR) is 75.3 cm³/mol. The average Bonchev–Trinajstić information content (AvgIpc) is 2.50.